The van der Waals surface area contributed by atoms with Crippen molar-refractivity contribution in [3.63, 3.8) is 0 Å². The molecule has 0 amide bonds. The van der Waals surface area contributed by atoms with Gasteiger partial charge in [0.2, 0.25) is 0 Å². The molecule has 1 unspecified atom stereocenters. The second kappa shape index (κ2) is 7.24. The van der Waals surface area contributed by atoms with Crippen LogP contribution < -0.4 is 10.5 Å². The summed E-state index contributed by atoms with van der Waals surface area (Å²) < 4.78 is 5.13. The molecule has 0 fully saturated rings. The van der Waals surface area contributed by atoms with Crippen LogP contribution in [0.4, 0.5) is 0 Å². The van der Waals surface area contributed by atoms with Gasteiger partial charge < -0.3 is 20.7 Å². The van der Waals surface area contributed by atoms with Gasteiger partial charge in [0.1, 0.15) is 5.75 Å². The van der Waals surface area contributed by atoms with Crippen LogP contribution in [0.1, 0.15) is 18.5 Å². The summed E-state index contributed by atoms with van der Waals surface area (Å²) in [5.41, 5.74) is 6.76. The van der Waals surface area contributed by atoms with Gasteiger partial charge in [0.15, 0.2) is 0 Å². The van der Waals surface area contributed by atoms with Crippen LogP contribution >= 0.6 is 0 Å². The second-order valence-corrected chi connectivity index (χ2v) is 3.14. The number of carboxylic acids is 2. The molecule has 94 valence electrons. The number of carbonyl (C=O) groups is 2. The summed E-state index contributed by atoms with van der Waals surface area (Å²) in [4.78, 5) is 18.2. The number of rotatable bonds is 2. The molecular formula is C11H15NO5. The van der Waals surface area contributed by atoms with Gasteiger partial charge in [-0.15, -0.1) is 0 Å². The van der Waals surface area contributed by atoms with Crippen LogP contribution in [0.25, 0.3) is 0 Å². The highest BCUT2D eigenvalue weighted by molar-refractivity contribution is 6.27. The topological polar surface area (TPSA) is 110 Å². The first-order chi connectivity index (χ1) is 7.90. The molecule has 0 aliphatic carbocycles. The number of aliphatic carboxylic acids is 2. The van der Waals surface area contributed by atoms with Crippen molar-refractivity contribution in [3.05, 3.63) is 29.8 Å². The number of hydrogen-bond donors (Lipinski definition) is 3. The Bertz CT molecular complexity index is 377. The molecule has 1 aromatic carbocycles. The quantitative estimate of drug-likeness (QED) is 0.663. The first-order valence-electron chi connectivity index (χ1n) is 4.74. The Morgan fingerprint density at radius 1 is 1.24 bits per heavy atom. The zero-order valence-electron chi connectivity index (χ0n) is 9.58. The normalized spacial score (nSPS) is 10.8. The molecule has 1 atom stereocenters. The Morgan fingerprint density at radius 3 is 2.00 bits per heavy atom. The van der Waals surface area contributed by atoms with Crippen LogP contribution in [0, 0.1) is 0 Å². The molecule has 0 aliphatic heterocycles. The highest BCUT2D eigenvalue weighted by Gasteiger charge is 2.04. The van der Waals surface area contributed by atoms with Crippen molar-refractivity contribution in [3.8, 4) is 5.75 Å². The smallest absolute Gasteiger partial charge is 0.414 e. The van der Waals surface area contributed by atoms with E-state index in [2.05, 4.69) is 0 Å². The number of hydrogen-bond acceptors (Lipinski definition) is 4. The first-order valence-corrected chi connectivity index (χ1v) is 4.74. The fourth-order valence-electron chi connectivity index (χ4n) is 1.04. The summed E-state index contributed by atoms with van der Waals surface area (Å²) in [7, 11) is 1.65. The number of methoxy groups -OCH3 is 1. The van der Waals surface area contributed by atoms with Crippen LogP contribution in [0.5, 0.6) is 5.75 Å². The van der Waals surface area contributed by atoms with E-state index >= 15 is 0 Å². The monoisotopic (exact) mass is 241 g/mol. The highest BCUT2D eigenvalue weighted by Crippen LogP contribution is 2.22. The van der Waals surface area contributed by atoms with Crippen LogP contribution in [0.2, 0.25) is 0 Å². The lowest BCUT2D eigenvalue weighted by molar-refractivity contribution is -0.159. The number of ether oxygens (including phenoxy) is 1. The second-order valence-electron chi connectivity index (χ2n) is 3.14. The van der Waals surface area contributed by atoms with E-state index in [0.29, 0.717) is 0 Å². The molecule has 0 saturated carbocycles. The van der Waals surface area contributed by atoms with Gasteiger partial charge in [0, 0.05) is 11.6 Å². The number of nitrogens with two attached hydrogens (primary N) is 1. The predicted octanol–water partition coefficient (Wildman–Crippen LogP) is 0.871. The van der Waals surface area contributed by atoms with Gasteiger partial charge in [-0.25, -0.2) is 9.59 Å². The van der Waals surface area contributed by atoms with Crippen molar-refractivity contribution in [2.75, 3.05) is 7.11 Å². The summed E-state index contributed by atoms with van der Waals surface area (Å²) in [6.07, 6.45) is 0. The fraction of sp³-hybridized carbons (Fsp3) is 0.273. The van der Waals surface area contributed by atoms with Crippen molar-refractivity contribution in [1.29, 1.82) is 0 Å². The highest BCUT2D eigenvalue weighted by atomic mass is 16.5. The van der Waals surface area contributed by atoms with Crippen LogP contribution in [-0.4, -0.2) is 29.3 Å². The van der Waals surface area contributed by atoms with E-state index in [1.807, 2.05) is 31.2 Å². The van der Waals surface area contributed by atoms with Gasteiger partial charge >= 0.3 is 11.9 Å². The van der Waals surface area contributed by atoms with Gasteiger partial charge in [-0.2, -0.15) is 0 Å². The van der Waals surface area contributed by atoms with Crippen LogP contribution in [0.15, 0.2) is 24.3 Å². The summed E-state index contributed by atoms with van der Waals surface area (Å²) in [5, 5.41) is 14.8. The molecule has 1 rings (SSSR count). The standard InChI is InChI=1S/C9H13NO.C2H2O4/c1-7(10)8-5-3-4-6-9(8)11-2;3-1(4)2(5)6/h3-7H,10H2,1-2H3;(H,3,4)(H,5,6). The van der Waals surface area contributed by atoms with Crippen molar-refractivity contribution in [1.82, 2.24) is 0 Å². The van der Waals surface area contributed by atoms with Gasteiger partial charge in [0.25, 0.3) is 0 Å². The zero-order chi connectivity index (χ0) is 13.4. The van der Waals surface area contributed by atoms with E-state index in [4.69, 9.17) is 30.3 Å². The Labute approximate surface area is 98.6 Å². The SMILES string of the molecule is COc1ccccc1C(C)N.O=C(O)C(=O)O. The largest absolute Gasteiger partial charge is 0.496 e. The lowest BCUT2D eigenvalue weighted by Gasteiger charge is -2.10. The number of para-hydroxylation sites is 1. The molecule has 0 aromatic heterocycles. The van der Waals surface area contributed by atoms with E-state index < -0.39 is 11.9 Å². The molecule has 0 spiro atoms. The van der Waals surface area contributed by atoms with Crippen LogP contribution in [0.3, 0.4) is 0 Å². The lowest BCUT2D eigenvalue weighted by Crippen LogP contribution is -2.09. The minimum atomic E-state index is -1.82. The van der Waals surface area contributed by atoms with E-state index in [-0.39, 0.29) is 6.04 Å². The molecule has 0 aliphatic rings. The summed E-state index contributed by atoms with van der Waals surface area (Å²) >= 11 is 0. The fourth-order valence-corrected chi connectivity index (χ4v) is 1.04. The maximum atomic E-state index is 9.10. The van der Waals surface area contributed by atoms with Gasteiger partial charge in [0.05, 0.1) is 7.11 Å². The van der Waals surface area contributed by atoms with E-state index in [9.17, 15) is 0 Å². The maximum Gasteiger partial charge on any atom is 0.414 e. The minimum Gasteiger partial charge on any atom is -0.496 e. The van der Waals surface area contributed by atoms with Crippen molar-refractivity contribution < 1.29 is 24.5 Å². The molecule has 1 aromatic rings. The van der Waals surface area contributed by atoms with E-state index in [0.717, 1.165) is 11.3 Å². The number of benzene rings is 1. The average molecular weight is 241 g/mol. The van der Waals surface area contributed by atoms with Gasteiger partial charge in [-0.1, -0.05) is 18.2 Å². The summed E-state index contributed by atoms with van der Waals surface area (Å²) in [6.45, 7) is 1.94. The zero-order valence-corrected chi connectivity index (χ0v) is 9.58. The summed E-state index contributed by atoms with van der Waals surface area (Å²) in [6, 6.07) is 7.82. The predicted molar refractivity (Wildman–Crippen MR) is 60.9 cm³/mol. The molecule has 0 bridgehead atoms. The van der Waals surface area contributed by atoms with Gasteiger partial charge in [-0.3, -0.25) is 0 Å². The maximum absolute atomic E-state index is 9.10. The first kappa shape index (κ1) is 14.9. The third-order valence-electron chi connectivity index (χ3n) is 1.81. The molecule has 6 nitrogen and oxygen atoms in total. The van der Waals surface area contributed by atoms with Gasteiger partial charge in [-0.05, 0) is 13.0 Å². The Kier molecular flexibility index (Phi) is 6.35. The van der Waals surface area contributed by atoms with E-state index in [1.165, 1.54) is 0 Å². The molecule has 0 heterocycles. The molecule has 0 radical (unpaired) electrons. The minimum absolute atomic E-state index is 0.0335. The third kappa shape index (κ3) is 5.53. The molecule has 6 heteroatoms. The van der Waals surface area contributed by atoms with Crippen molar-refractivity contribution in [2.45, 2.75) is 13.0 Å². The number of carboxylic acid groups (broad SMARTS) is 2. The average Bonchev–Trinajstić information content (AvgIpc) is 2.29. The van der Waals surface area contributed by atoms with Crippen molar-refractivity contribution >= 4 is 11.9 Å². The lowest BCUT2D eigenvalue weighted by atomic mass is 10.1. The molecule has 17 heavy (non-hydrogen) atoms. The Balaban J connectivity index is 0.000000366. The third-order valence-corrected chi connectivity index (χ3v) is 1.81. The van der Waals surface area contributed by atoms with E-state index in [1.54, 1.807) is 7.11 Å². The molecule has 4 N–H and O–H groups in total. The Hall–Kier alpha value is -2.08. The Morgan fingerprint density at radius 2 is 1.71 bits per heavy atom. The summed E-state index contributed by atoms with van der Waals surface area (Å²) in [5.74, 6) is -2.78. The van der Waals surface area contributed by atoms with Crippen molar-refractivity contribution in [2.24, 2.45) is 5.73 Å². The van der Waals surface area contributed by atoms with Crippen LogP contribution in [-0.2, 0) is 9.59 Å². The molecule has 0 saturated heterocycles. The molecular weight excluding hydrogens is 226 g/mol.